The second kappa shape index (κ2) is 2.98. The SMILES string of the molecule is CC1(C)C(C(N)C2CCCC2)C1(C)C. The normalized spacial score (nSPS) is 33.2. The first-order valence-electron chi connectivity index (χ1n) is 6.14. The second-order valence-corrected chi connectivity index (χ2v) is 6.54. The van der Waals surface area contributed by atoms with E-state index in [0.717, 1.165) is 11.8 Å². The zero-order chi connectivity index (χ0) is 10.6. The van der Waals surface area contributed by atoms with Crippen LogP contribution in [0.5, 0.6) is 0 Å². The first kappa shape index (κ1) is 10.5. The van der Waals surface area contributed by atoms with Gasteiger partial charge in [-0.15, -0.1) is 0 Å². The third-order valence-electron chi connectivity index (χ3n) is 5.46. The third kappa shape index (κ3) is 1.25. The van der Waals surface area contributed by atoms with Crippen molar-refractivity contribution in [3.8, 4) is 0 Å². The molecule has 0 saturated heterocycles. The number of hydrogen-bond donors (Lipinski definition) is 1. The van der Waals surface area contributed by atoms with E-state index in [1.165, 1.54) is 25.7 Å². The minimum atomic E-state index is 0.461. The van der Waals surface area contributed by atoms with Crippen LogP contribution in [-0.4, -0.2) is 6.04 Å². The summed E-state index contributed by atoms with van der Waals surface area (Å²) >= 11 is 0. The van der Waals surface area contributed by atoms with Gasteiger partial charge in [0, 0.05) is 6.04 Å². The van der Waals surface area contributed by atoms with Gasteiger partial charge in [-0.3, -0.25) is 0 Å². The quantitative estimate of drug-likeness (QED) is 0.719. The molecule has 2 fully saturated rings. The number of hydrogen-bond acceptors (Lipinski definition) is 1. The second-order valence-electron chi connectivity index (χ2n) is 6.54. The van der Waals surface area contributed by atoms with Gasteiger partial charge in [-0.25, -0.2) is 0 Å². The fraction of sp³-hybridized carbons (Fsp3) is 1.00. The highest BCUT2D eigenvalue weighted by molar-refractivity contribution is 5.16. The van der Waals surface area contributed by atoms with E-state index in [-0.39, 0.29) is 0 Å². The molecule has 82 valence electrons. The van der Waals surface area contributed by atoms with Crippen molar-refractivity contribution >= 4 is 0 Å². The lowest BCUT2D eigenvalue weighted by Crippen LogP contribution is -2.33. The van der Waals surface area contributed by atoms with Crippen LogP contribution in [0.4, 0.5) is 0 Å². The van der Waals surface area contributed by atoms with Crippen LogP contribution >= 0.6 is 0 Å². The van der Waals surface area contributed by atoms with Crippen molar-refractivity contribution in [3.63, 3.8) is 0 Å². The van der Waals surface area contributed by atoms with Crippen LogP contribution in [0, 0.1) is 22.7 Å². The van der Waals surface area contributed by atoms with E-state index in [1.807, 2.05) is 0 Å². The van der Waals surface area contributed by atoms with Gasteiger partial charge in [-0.05, 0) is 35.5 Å². The van der Waals surface area contributed by atoms with Crippen LogP contribution in [0.15, 0.2) is 0 Å². The molecule has 1 unspecified atom stereocenters. The lowest BCUT2D eigenvalue weighted by molar-refractivity contribution is 0.348. The Morgan fingerprint density at radius 2 is 1.43 bits per heavy atom. The lowest BCUT2D eigenvalue weighted by Gasteiger charge is -2.20. The monoisotopic (exact) mass is 195 g/mol. The van der Waals surface area contributed by atoms with Gasteiger partial charge in [-0.1, -0.05) is 40.5 Å². The summed E-state index contributed by atoms with van der Waals surface area (Å²) in [5, 5.41) is 0. The Kier molecular flexibility index (Phi) is 2.23. The zero-order valence-electron chi connectivity index (χ0n) is 10.1. The molecule has 2 aliphatic carbocycles. The predicted molar refractivity (Wildman–Crippen MR) is 61.0 cm³/mol. The highest BCUT2D eigenvalue weighted by atomic mass is 14.8. The Morgan fingerprint density at radius 1 is 1.00 bits per heavy atom. The molecule has 1 atom stereocenters. The molecule has 0 radical (unpaired) electrons. The van der Waals surface area contributed by atoms with Crippen molar-refractivity contribution < 1.29 is 0 Å². The van der Waals surface area contributed by atoms with Gasteiger partial charge in [0.05, 0.1) is 0 Å². The number of nitrogens with two attached hydrogens (primary N) is 1. The molecule has 14 heavy (non-hydrogen) atoms. The van der Waals surface area contributed by atoms with Crippen LogP contribution < -0.4 is 5.73 Å². The zero-order valence-corrected chi connectivity index (χ0v) is 10.1. The molecule has 2 saturated carbocycles. The van der Waals surface area contributed by atoms with Crippen LogP contribution in [0.3, 0.4) is 0 Å². The Labute approximate surface area is 88.4 Å². The van der Waals surface area contributed by atoms with E-state index in [1.54, 1.807) is 0 Å². The molecule has 2 N–H and O–H groups in total. The van der Waals surface area contributed by atoms with E-state index >= 15 is 0 Å². The van der Waals surface area contributed by atoms with E-state index in [2.05, 4.69) is 27.7 Å². The maximum atomic E-state index is 6.44. The molecule has 0 aromatic carbocycles. The average Bonchev–Trinajstić information content (AvgIpc) is 2.53. The topological polar surface area (TPSA) is 26.0 Å². The standard InChI is InChI=1S/C13H25N/c1-12(2)11(13(12,3)4)10(14)9-7-5-6-8-9/h9-11H,5-8,14H2,1-4H3. The van der Waals surface area contributed by atoms with Crippen LogP contribution in [0.25, 0.3) is 0 Å². The summed E-state index contributed by atoms with van der Waals surface area (Å²) in [5.74, 6) is 1.57. The van der Waals surface area contributed by atoms with Crippen molar-refractivity contribution in [2.24, 2.45) is 28.4 Å². The molecule has 0 aromatic rings. The predicted octanol–water partition coefficient (Wildman–Crippen LogP) is 3.19. The van der Waals surface area contributed by atoms with Crippen LogP contribution in [0.1, 0.15) is 53.4 Å². The molecule has 2 rings (SSSR count). The van der Waals surface area contributed by atoms with Gasteiger partial charge in [0.2, 0.25) is 0 Å². The van der Waals surface area contributed by atoms with E-state index in [0.29, 0.717) is 16.9 Å². The van der Waals surface area contributed by atoms with Gasteiger partial charge < -0.3 is 5.73 Å². The molecular formula is C13H25N. The molecular weight excluding hydrogens is 170 g/mol. The Balaban J connectivity index is 2.03. The summed E-state index contributed by atoms with van der Waals surface area (Å²) in [4.78, 5) is 0. The molecule has 0 spiro atoms. The molecule has 0 aromatic heterocycles. The first-order valence-corrected chi connectivity index (χ1v) is 6.14. The maximum Gasteiger partial charge on any atom is 0.0106 e. The van der Waals surface area contributed by atoms with Crippen LogP contribution in [0.2, 0.25) is 0 Å². The van der Waals surface area contributed by atoms with Crippen molar-refractivity contribution in [3.05, 3.63) is 0 Å². The molecule has 0 amide bonds. The van der Waals surface area contributed by atoms with Crippen molar-refractivity contribution in [2.75, 3.05) is 0 Å². The molecule has 1 heteroatoms. The number of rotatable bonds is 2. The minimum Gasteiger partial charge on any atom is -0.327 e. The van der Waals surface area contributed by atoms with Gasteiger partial charge in [-0.2, -0.15) is 0 Å². The maximum absolute atomic E-state index is 6.44. The summed E-state index contributed by atoms with van der Waals surface area (Å²) in [5.41, 5.74) is 7.37. The Morgan fingerprint density at radius 3 is 1.79 bits per heavy atom. The highest BCUT2D eigenvalue weighted by Crippen LogP contribution is 2.70. The smallest absolute Gasteiger partial charge is 0.0106 e. The van der Waals surface area contributed by atoms with Crippen molar-refractivity contribution in [1.29, 1.82) is 0 Å². The fourth-order valence-corrected chi connectivity index (χ4v) is 3.82. The van der Waals surface area contributed by atoms with Crippen molar-refractivity contribution in [2.45, 2.75) is 59.4 Å². The Bertz CT molecular complexity index is 209. The Hall–Kier alpha value is -0.0400. The van der Waals surface area contributed by atoms with Crippen molar-refractivity contribution in [1.82, 2.24) is 0 Å². The summed E-state index contributed by atoms with van der Waals surface area (Å²) in [6.07, 6.45) is 5.57. The largest absolute Gasteiger partial charge is 0.327 e. The third-order valence-corrected chi connectivity index (χ3v) is 5.46. The van der Waals surface area contributed by atoms with Gasteiger partial charge in [0.25, 0.3) is 0 Å². The first-order chi connectivity index (χ1) is 6.39. The fourth-order valence-electron chi connectivity index (χ4n) is 3.82. The highest BCUT2D eigenvalue weighted by Gasteiger charge is 2.67. The van der Waals surface area contributed by atoms with Gasteiger partial charge in [0.15, 0.2) is 0 Å². The molecule has 2 aliphatic rings. The summed E-state index contributed by atoms with van der Waals surface area (Å²) in [6, 6.07) is 0.461. The van der Waals surface area contributed by atoms with E-state index in [9.17, 15) is 0 Å². The molecule has 1 nitrogen and oxygen atoms in total. The van der Waals surface area contributed by atoms with E-state index in [4.69, 9.17) is 5.73 Å². The van der Waals surface area contributed by atoms with Crippen LogP contribution in [-0.2, 0) is 0 Å². The minimum absolute atomic E-state index is 0.461. The molecule has 0 heterocycles. The molecule has 0 aliphatic heterocycles. The van der Waals surface area contributed by atoms with Gasteiger partial charge in [0.1, 0.15) is 0 Å². The summed E-state index contributed by atoms with van der Waals surface area (Å²) in [7, 11) is 0. The summed E-state index contributed by atoms with van der Waals surface area (Å²) < 4.78 is 0. The lowest BCUT2D eigenvalue weighted by atomic mass is 9.91. The van der Waals surface area contributed by atoms with E-state index < -0.39 is 0 Å². The average molecular weight is 195 g/mol. The summed E-state index contributed by atoms with van der Waals surface area (Å²) in [6.45, 7) is 9.53. The molecule has 0 bridgehead atoms. The van der Waals surface area contributed by atoms with Gasteiger partial charge >= 0.3 is 0 Å².